The van der Waals surface area contributed by atoms with E-state index in [1.807, 2.05) is 135 Å². The Morgan fingerprint density at radius 3 is 1.99 bits per heavy atom. The number of hydrogen-bond acceptors (Lipinski definition) is 8. The van der Waals surface area contributed by atoms with Crippen molar-refractivity contribution in [2.24, 2.45) is 7.05 Å². The lowest BCUT2D eigenvalue weighted by Crippen LogP contribution is -2.28. The molecule has 12 nitrogen and oxygen atoms in total. The van der Waals surface area contributed by atoms with Gasteiger partial charge in [-0.15, -0.1) is 0 Å². The molecule has 0 atom stereocenters. The van der Waals surface area contributed by atoms with Crippen molar-refractivity contribution in [2.75, 3.05) is 32.1 Å². The van der Waals surface area contributed by atoms with Crippen LogP contribution in [-0.4, -0.2) is 74.2 Å². The van der Waals surface area contributed by atoms with Crippen LogP contribution in [0.4, 0.5) is 5.69 Å². The van der Waals surface area contributed by atoms with Crippen molar-refractivity contribution in [1.29, 1.82) is 0 Å². The van der Waals surface area contributed by atoms with Crippen molar-refractivity contribution in [3.05, 3.63) is 226 Å². The molecule has 0 aliphatic carbocycles. The Morgan fingerprint density at radius 2 is 1.32 bits per heavy atom. The van der Waals surface area contributed by atoms with Crippen LogP contribution < -0.4 is 19.9 Å². The summed E-state index contributed by atoms with van der Waals surface area (Å²) < 4.78 is 15.1. The SMILES string of the molecule is C=C(c1cc(-c2ccccc2)c2ccccc2n1)N(CC)CC.CC(=O)N(Cc1ccccc1OC(C)C)c1ccc(Cl)cc1Oc1ccccc1.CN(C)C(=O)Cc1nn(-c2ccccc2)c(=O)c2c1c1ccc(Cl)cc1n2C. The number of hydrogen-bond donors (Lipinski definition) is 0. The third-order valence-corrected chi connectivity index (χ3v) is 13.8. The maximum absolute atomic E-state index is 13.3. The molecule has 0 aliphatic heterocycles. The molecule has 0 radical (unpaired) electrons. The van der Waals surface area contributed by atoms with Crippen LogP contribution in [-0.2, 0) is 29.6 Å². The van der Waals surface area contributed by atoms with Gasteiger partial charge in [-0.2, -0.15) is 9.78 Å². The first-order valence-corrected chi connectivity index (χ1v) is 27.2. The third-order valence-electron chi connectivity index (χ3n) is 13.4. The highest BCUT2D eigenvalue weighted by Gasteiger charge is 2.23. The second kappa shape index (κ2) is 26.3. The molecule has 0 unspecified atom stereocenters. The second-order valence-corrected chi connectivity index (χ2v) is 20.2. The average molecular weight is 1110 g/mol. The second-order valence-electron chi connectivity index (χ2n) is 19.4. The highest BCUT2D eigenvalue weighted by atomic mass is 35.5. The monoisotopic (exact) mass is 1110 g/mol. The fourth-order valence-electron chi connectivity index (χ4n) is 9.33. The number of para-hydroxylation sites is 4. The fourth-order valence-corrected chi connectivity index (χ4v) is 9.66. The Morgan fingerprint density at radius 1 is 0.713 bits per heavy atom. The van der Waals surface area contributed by atoms with Crippen LogP contribution in [0.2, 0.25) is 10.0 Å². The number of aryl methyl sites for hydroxylation is 1. The first-order chi connectivity index (χ1) is 38.6. The molecule has 0 saturated heterocycles. The van der Waals surface area contributed by atoms with Gasteiger partial charge in [0.15, 0.2) is 5.75 Å². The molecule has 14 heteroatoms. The zero-order valence-corrected chi connectivity index (χ0v) is 47.9. The number of anilines is 1. The van der Waals surface area contributed by atoms with Crippen molar-refractivity contribution in [1.82, 2.24) is 29.1 Å². The van der Waals surface area contributed by atoms with Crippen LogP contribution in [0.15, 0.2) is 193 Å². The average Bonchev–Trinajstić information content (AvgIpc) is 4.03. The van der Waals surface area contributed by atoms with Gasteiger partial charge in [0.1, 0.15) is 17.0 Å². The van der Waals surface area contributed by atoms with E-state index in [1.165, 1.54) is 33.0 Å². The molecular weight excluding hydrogens is 1040 g/mol. The molecule has 3 heterocycles. The summed E-state index contributed by atoms with van der Waals surface area (Å²) in [7, 11) is 5.24. The third kappa shape index (κ3) is 13.4. The van der Waals surface area contributed by atoms with Crippen LogP contribution in [0.25, 0.3) is 55.2 Å². The molecule has 0 N–H and O–H groups in total. The summed E-state index contributed by atoms with van der Waals surface area (Å²) in [5.74, 6) is 1.75. The molecule has 3 aromatic heterocycles. The highest BCUT2D eigenvalue weighted by molar-refractivity contribution is 6.31. The molecule has 0 saturated carbocycles. The number of benzene rings is 7. The lowest BCUT2D eigenvalue weighted by atomic mass is 9.99. The lowest BCUT2D eigenvalue weighted by Gasteiger charge is -2.25. The van der Waals surface area contributed by atoms with Crippen molar-refractivity contribution in [3.63, 3.8) is 0 Å². The predicted molar refractivity (Wildman–Crippen MR) is 327 cm³/mol. The quantitative estimate of drug-likeness (QED) is 0.0997. The van der Waals surface area contributed by atoms with E-state index < -0.39 is 0 Å². The number of rotatable bonds is 15. The van der Waals surface area contributed by atoms with Gasteiger partial charge in [-0.25, -0.2) is 4.98 Å². The Balaban J connectivity index is 0.000000159. The van der Waals surface area contributed by atoms with Crippen LogP contribution in [0.1, 0.15) is 51.6 Å². The largest absolute Gasteiger partial charge is 0.491 e. The molecule has 0 fully saturated rings. The van der Waals surface area contributed by atoms with Gasteiger partial charge in [0.2, 0.25) is 11.8 Å². The van der Waals surface area contributed by atoms with E-state index >= 15 is 0 Å². The summed E-state index contributed by atoms with van der Waals surface area (Å²) in [6.45, 7) is 16.3. The van der Waals surface area contributed by atoms with Crippen molar-refractivity contribution in [3.8, 4) is 34.1 Å². The van der Waals surface area contributed by atoms with Crippen LogP contribution in [0.3, 0.4) is 0 Å². The van der Waals surface area contributed by atoms with E-state index in [-0.39, 0.29) is 29.9 Å². The Labute approximate surface area is 477 Å². The molecule has 10 rings (SSSR count). The highest BCUT2D eigenvalue weighted by Crippen LogP contribution is 2.37. The molecule has 0 aliphatic rings. The molecule has 2 amide bonds. The first-order valence-electron chi connectivity index (χ1n) is 26.5. The summed E-state index contributed by atoms with van der Waals surface area (Å²) in [6, 6.07) is 58.0. The van der Waals surface area contributed by atoms with Crippen LogP contribution >= 0.6 is 23.2 Å². The fraction of sp³-hybridized carbons (Fsp3) is 0.197. The number of halogens is 2. The number of fused-ring (bicyclic) bond motifs is 4. The maximum atomic E-state index is 13.3. The first kappa shape index (κ1) is 57.5. The van der Waals surface area contributed by atoms with E-state index in [9.17, 15) is 14.4 Å². The van der Waals surface area contributed by atoms with E-state index in [0.29, 0.717) is 56.1 Å². The lowest BCUT2D eigenvalue weighted by molar-refractivity contribution is -0.128. The van der Waals surface area contributed by atoms with Gasteiger partial charge in [0.25, 0.3) is 5.56 Å². The molecule has 10 aromatic rings. The summed E-state index contributed by atoms with van der Waals surface area (Å²) >= 11 is 12.4. The van der Waals surface area contributed by atoms with Gasteiger partial charge in [-0.05, 0) is 106 Å². The minimum Gasteiger partial charge on any atom is -0.491 e. The summed E-state index contributed by atoms with van der Waals surface area (Å²) in [5.41, 5.74) is 9.21. The van der Waals surface area contributed by atoms with Gasteiger partial charge < -0.3 is 28.7 Å². The number of carbonyl (C=O) groups is 2. The Hall–Kier alpha value is -8.71. The van der Waals surface area contributed by atoms with E-state index in [0.717, 1.165) is 52.2 Å². The van der Waals surface area contributed by atoms with Crippen molar-refractivity contribution >= 4 is 79.1 Å². The van der Waals surface area contributed by atoms with Gasteiger partial charge in [-0.1, -0.05) is 139 Å². The van der Waals surface area contributed by atoms with Gasteiger partial charge in [0, 0.05) is 79.0 Å². The summed E-state index contributed by atoms with van der Waals surface area (Å²) in [4.78, 5) is 48.6. The van der Waals surface area contributed by atoms with Crippen molar-refractivity contribution in [2.45, 2.75) is 53.7 Å². The normalized spacial score (nSPS) is 10.9. The number of ether oxygens (including phenoxy) is 2. The summed E-state index contributed by atoms with van der Waals surface area (Å²) in [5, 5.41) is 8.43. The maximum Gasteiger partial charge on any atom is 0.296 e. The van der Waals surface area contributed by atoms with Crippen molar-refractivity contribution < 1.29 is 19.1 Å². The smallest absolute Gasteiger partial charge is 0.296 e. The number of aromatic nitrogens is 4. The zero-order chi connectivity index (χ0) is 57.0. The van der Waals surface area contributed by atoms with Gasteiger partial charge >= 0.3 is 0 Å². The molecule has 408 valence electrons. The zero-order valence-electron chi connectivity index (χ0n) is 46.4. The standard InChI is InChI=1S/C24H24ClNO3.C21H19ClN4O2.C21H22N2/c1-17(2)28-23-12-8-7-9-19(23)16-26(18(3)27)22-14-13-20(25)15-24(22)29-21-10-5-4-6-11-21;1-24(2)18(27)12-16-19-15-10-9-13(22)11-17(15)25(3)20(19)21(28)26(23-16)14-7-5-4-6-8-14;1-4-23(5-2)16(3)21-15-19(17-11-7-6-8-12-17)18-13-9-10-14-20(18)22-21/h4-15,17H,16H2,1-3H3;4-11H,12H2,1-3H3;6-15H,3-5H2,1-2H3. The molecule has 80 heavy (non-hydrogen) atoms. The number of nitrogens with zero attached hydrogens (tertiary/aromatic N) is 7. The predicted octanol–water partition coefficient (Wildman–Crippen LogP) is 14.8. The Bertz CT molecular complexity index is 3860. The minimum absolute atomic E-state index is 0.0365. The molecular formula is C66H65Cl2N7O5. The Kier molecular flexibility index (Phi) is 18.9. The van der Waals surface area contributed by atoms with Crippen LogP contribution in [0.5, 0.6) is 17.2 Å². The number of likely N-dealkylation sites (N-methyl/N-ethyl adjacent to an activating group) is 1. The summed E-state index contributed by atoms with van der Waals surface area (Å²) in [6.07, 6.45) is 0.132. The minimum atomic E-state index is -0.239. The van der Waals surface area contributed by atoms with E-state index in [4.69, 9.17) is 37.7 Å². The molecule has 0 bridgehead atoms. The van der Waals surface area contributed by atoms with E-state index in [1.54, 1.807) is 43.3 Å². The number of pyridine rings is 1. The van der Waals surface area contributed by atoms with Gasteiger partial charge in [0.05, 0.1) is 58.6 Å². The topological polar surface area (TPSA) is 115 Å². The van der Waals surface area contributed by atoms with E-state index in [2.05, 4.69) is 79.0 Å². The number of carbonyl (C=O) groups excluding carboxylic acids is 2. The number of amides is 2. The van der Waals surface area contributed by atoms with Crippen LogP contribution in [0, 0.1) is 0 Å². The van der Waals surface area contributed by atoms with Gasteiger partial charge in [-0.3, -0.25) is 14.4 Å². The molecule has 0 spiro atoms. The molecule has 7 aromatic carbocycles.